The zero-order valence-corrected chi connectivity index (χ0v) is 11.9. The van der Waals surface area contributed by atoms with Crippen LogP contribution in [0.5, 0.6) is 0 Å². The third-order valence-electron chi connectivity index (χ3n) is 3.33. The monoisotopic (exact) mass is 309 g/mol. The van der Waals surface area contributed by atoms with Gasteiger partial charge in [0.25, 0.3) is 5.56 Å². The third kappa shape index (κ3) is 3.75. The fourth-order valence-electron chi connectivity index (χ4n) is 2.30. The van der Waals surface area contributed by atoms with Gasteiger partial charge in [-0.1, -0.05) is 11.6 Å². The van der Waals surface area contributed by atoms with Gasteiger partial charge >= 0.3 is 5.69 Å². The van der Waals surface area contributed by atoms with Crippen LogP contribution in [0.1, 0.15) is 19.3 Å². The molecule has 0 unspecified atom stereocenters. The molecule has 1 aromatic heterocycles. The average Bonchev–Trinajstić information content (AvgIpc) is 2.35. The topological polar surface area (TPSA) is 89.2 Å². The molecule has 0 aromatic carbocycles. The molecule has 3 N–H and O–H groups in total. The Hall–Kier alpha value is -0.980. The van der Waals surface area contributed by atoms with Crippen LogP contribution in [0, 0.1) is 5.92 Å². The quantitative estimate of drug-likeness (QED) is 0.768. The maximum absolute atomic E-state index is 11.4. The standard InChI is InChI=1S/C11H16ClN3O3.ClH/c12-8-9(13-11(18)14-10(8)17)15-4-1-7(2-5-15)3-6-16;/h7,16H,1-6H2,(H2,13,14,17,18);1H. The van der Waals surface area contributed by atoms with Crippen LogP contribution in [0.4, 0.5) is 5.82 Å². The predicted molar refractivity (Wildman–Crippen MR) is 76.6 cm³/mol. The molecule has 0 aliphatic carbocycles. The molecule has 1 aliphatic heterocycles. The lowest BCUT2D eigenvalue weighted by atomic mass is 9.94. The van der Waals surface area contributed by atoms with E-state index in [1.54, 1.807) is 0 Å². The van der Waals surface area contributed by atoms with E-state index in [-0.39, 0.29) is 24.0 Å². The molecule has 1 saturated heterocycles. The Morgan fingerprint density at radius 2 is 1.89 bits per heavy atom. The number of nitrogens with one attached hydrogen (secondary N) is 2. The number of aromatic nitrogens is 2. The summed E-state index contributed by atoms with van der Waals surface area (Å²) in [6, 6.07) is 0. The molecule has 0 amide bonds. The molecule has 1 aromatic rings. The van der Waals surface area contributed by atoms with E-state index in [0.717, 1.165) is 32.4 Å². The van der Waals surface area contributed by atoms with E-state index in [9.17, 15) is 9.59 Å². The summed E-state index contributed by atoms with van der Waals surface area (Å²) in [4.78, 5) is 29.2. The van der Waals surface area contributed by atoms with Crippen LogP contribution in [-0.2, 0) is 0 Å². The molecular formula is C11H17Cl2N3O3. The molecule has 6 nitrogen and oxygen atoms in total. The van der Waals surface area contributed by atoms with E-state index in [1.807, 2.05) is 4.90 Å². The molecular weight excluding hydrogens is 293 g/mol. The molecule has 0 atom stereocenters. The Kier molecular flexibility index (Phi) is 5.90. The van der Waals surface area contributed by atoms with E-state index in [4.69, 9.17) is 16.7 Å². The lowest BCUT2D eigenvalue weighted by molar-refractivity contribution is 0.240. The number of aliphatic hydroxyl groups excluding tert-OH is 1. The highest BCUT2D eigenvalue weighted by molar-refractivity contribution is 6.32. The second kappa shape index (κ2) is 6.98. The molecule has 2 heterocycles. The Bertz CT molecular complexity index is 521. The number of halogens is 2. The predicted octanol–water partition coefficient (Wildman–Crippen LogP) is 0.737. The second-order valence-corrected chi connectivity index (χ2v) is 4.89. The number of hydrogen-bond donors (Lipinski definition) is 3. The number of aliphatic hydroxyl groups is 1. The SMILES string of the molecule is Cl.O=c1[nH]c(N2CCC(CCO)CC2)c(Cl)c(=O)[nH]1. The minimum absolute atomic E-state index is 0. The normalized spacial score (nSPS) is 16.2. The number of aromatic amines is 2. The summed E-state index contributed by atoms with van der Waals surface area (Å²) in [7, 11) is 0. The van der Waals surface area contributed by atoms with Gasteiger partial charge in [0, 0.05) is 19.7 Å². The van der Waals surface area contributed by atoms with Crippen molar-refractivity contribution in [2.45, 2.75) is 19.3 Å². The average molecular weight is 310 g/mol. The van der Waals surface area contributed by atoms with Gasteiger partial charge in [-0.15, -0.1) is 12.4 Å². The van der Waals surface area contributed by atoms with Gasteiger partial charge < -0.3 is 10.0 Å². The number of nitrogens with zero attached hydrogens (tertiary/aromatic N) is 1. The molecule has 1 aliphatic rings. The molecule has 0 bridgehead atoms. The van der Waals surface area contributed by atoms with E-state index in [1.165, 1.54) is 0 Å². The molecule has 0 spiro atoms. The molecule has 2 rings (SSSR count). The van der Waals surface area contributed by atoms with Crippen molar-refractivity contribution in [2.24, 2.45) is 5.92 Å². The minimum atomic E-state index is -0.562. The number of piperidine rings is 1. The van der Waals surface area contributed by atoms with Gasteiger partial charge in [0.05, 0.1) is 0 Å². The molecule has 19 heavy (non-hydrogen) atoms. The lowest BCUT2D eigenvalue weighted by Crippen LogP contribution is -2.37. The van der Waals surface area contributed by atoms with Gasteiger partial charge in [-0.25, -0.2) is 4.79 Å². The van der Waals surface area contributed by atoms with Crippen LogP contribution in [0.3, 0.4) is 0 Å². The first-order valence-corrected chi connectivity index (χ1v) is 6.37. The van der Waals surface area contributed by atoms with E-state index in [2.05, 4.69) is 9.97 Å². The van der Waals surface area contributed by atoms with Crippen LogP contribution >= 0.6 is 24.0 Å². The number of H-pyrrole nitrogens is 2. The van der Waals surface area contributed by atoms with Crippen molar-refractivity contribution in [2.75, 3.05) is 24.6 Å². The van der Waals surface area contributed by atoms with Crippen LogP contribution in [-0.4, -0.2) is 34.8 Å². The fraction of sp³-hybridized carbons (Fsp3) is 0.636. The van der Waals surface area contributed by atoms with Crippen molar-refractivity contribution in [1.82, 2.24) is 9.97 Å². The summed E-state index contributed by atoms with van der Waals surface area (Å²) in [5, 5.41) is 8.91. The molecule has 0 saturated carbocycles. The largest absolute Gasteiger partial charge is 0.396 e. The van der Waals surface area contributed by atoms with Crippen molar-refractivity contribution < 1.29 is 5.11 Å². The van der Waals surface area contributed by atoms with Gasteiger partial charge in [0.15, 0.2) is 0 Å². The van der Waals surface area contributed by atoms with Crippen LogP contribution < -0.4 is 16.1 Å². The Balaban J connectivity index is 0.00000180. The van der Waals surface area contributed by atoms with E-state index >= 15 is 0 Å². The van der Waals surface area contributed by atoms with Crippen LogP contribution in [0.25, 0.3) is 0 Å². The Morgan fingerprint density at radius 3 is 2.47 bits per heavy atom. The number of hydrogen-bond acceptors (Lipinski definition) is 4. The summed E-state index contributed by atoms with van der Waals surface area (Å²) in [5.74, 6) is 0.895. The maximum Gasteiger partial charge on any atom is 0.327 e. The number of anilines is 1. The molecule has 8 heteroatoms. The summed E-state index contributed by atoms with van der Waals surface area (Å²) < 4.78 is 0. The van der Waals surface area contributed by atoms with Crippen LogP contribution in [0.15, 0.2) is 9.59 Å². The van der Waals surface area contributed by atoms with Crippen molar-refractivity contribution in [3.05, 3.63) is 25.9 Å². The van der Waals surface area contributed by atoms with Crippen molar-refractivity contribution in [1.29, 1.82) is 0 Å². The van der Waals surface area contributed by atoms with Crippen molar-refractivity contribution >= 4 is 29.8 Å². The fourth-order valence-corrected chi connectivity index (χ4v) is 2.52. The minimum Gasteiger partial charge on any atom is -0.396 e. The van der Waals surface area contributed by atoms with Gasteiger partial charge in [0.1, 0.15) is 10.8 Å². The summed E-state index contributed by atoms with van der Waals surface area (Å²) >= 11 is 5.90. The molecule has 108 valence electrons. The van der Waals surface area contributed by atoms with Gasteiger partial charge in [0.2, 0.25) is 0 Å². The summed E-state index contributed by atoms with van der Waals surface area (Å²) in [6.45, 7) is 1.65. The second-order valence-electron chi connectivity index (χ2n) is 4.51. The van der Waals surface area contributed by atoms with Gasteiger partial charge in [-0.05, 0) is 25.2 Å². The zero-order chi connectivity index (χ0) is 13.1. The van der Waals surface area contributed by atoms with Gasteiger partial charge in [-0.3, -0.25) is 14.8 Å². The highest BCUT2D eigenvalue weighted by Gasteiger charge is 2.22. The smallest absolute Gasteiger partial charge is 0.327 e. The number of rotatable bonds is 3. The first-order valence-electron chi connectivity index (χ1n) is 5.99. The Morgan fingerprint density at radius 1 is 1.26 bits per heavy atom. The highest BCUT2D eigenvalue weighted by Crippen LogP contribution is 2.25. The molecule has 1 fully saturated rings. The summed E-state index contributed by atoms with van der Waals surface area (Å²) in [6.07, 6.45) is 2.64. The highest BCUT2D eigenvalue weighted by atomic mass is 35.5. The summed E-state index contributed by atoms with van der Waals surface area (Å²) in [5.41, 5.74) is -1.11. The molecule has 0 radical (unpaired) electrons. The first kappa shape index (κ1) is 16.1. The first-order chi connectivity index (χ1) is 8.61. The van der Waals surface area contributed by atoms with E-state index in [0.29, 0.717) is 11.7 Å². The maximum atomic E-state index is 11.4. The van der Waals surface area contributed by atoms with Crippen molar-refractivity contribution in [3.63, 3.8) is 0 Å². The Labute approximate surface area is 121 Å². The van der Waals surface area contributed by atoms with E-state index < -0.39 is 11.2 Å². The van der Waals surface area contributed by atoms with Crippen molar-refractivity contribution in [3.8, 4) is 0 Å². The van der Waals surface area contributed by atoms with Gasteiger partial charge in [-0.2, -0.15) is 0 Å². The third-order valence-corrected chi connectivity index (χ3v) is 3.69. The lowest BCUT2D eigenvalue weighted by Gasteiger charge is -2.33. The van der Waals surface area contributed by atoms with Crippen LogP contribution in [0.2, 0.25) is 5.02 Å². The zero-order valence-electron chi connectivity index (χ0n) is 10.3.